The molecule has 0 unspecified atom stereocenters. The molecule has 2 fully saturated rings. The van der Waals surface area contributed by atoms with Crippen molar-refractivity contribution in [3.05, 3.63) is 53.0 Å². The van der Waals surface area contributed by atoms with Crippen LogP contribution in [0.1, 0.15) is 46.6 Å². The van der Waals surface area contributed by atoms with Crippen LogP contribution in [0.3, 0.4) is 0 Å². The van der Waals surface area contributed by atoms with Crippen LogP contribution in [-0.2, 0) is 4.79 Å². The van der Waals surface area contributed by atoms with Crippen molar-refractivity contribution in [2.45, 2.75) is 31.7 Å². The summed E-state index contributed by atoms with van der Waals surface area (Å²) >= 11 is 6.04. The minimum Gasteiger partial charge on any atom is -0.480 e. The van der Waals surface area contributed by atoms with Gasteiger partial charge in [-0.2, -0.15) is 4.98 Å². The molecule has 2 amide bonds. The first kappa shape index (κ1) is 26.7. The van der Waals surface area contributed by atoms with Crippen molar-refractivity contribution in [3.8, 4) is 5.88 Å². The number of piperidine rings is 2. The molecule has 4 heterocycles. The van der Waals surface area contributed by atoms with Gasteiger partial charge in [-0.1, -0.05) is 11.6 Å². The van der Waals surface area contributed by atoms with Gasteiger partial charge in [-0.25, -0.2) is 0 Å². The second-order valence-corrected chi connectivity index (χ2v) is 9.81. The van der Waals surface area contributed by atoms with E-state index in [1.54, 1.807) is 17.0 Å². The second kappa shape index (κ2) is 12.2. The van der Waals surface area contributed by atoms with Gasteiger partial charge in [0.15, 0.2) is 5.76 Å². The Morgan fingerprint density at radius 1 is 1.19 bits per heavy atom. The van der Waals surface area contributed by atoms with E-state index in [-0.39, 0.29) is 51.7 Å². The molecule has 2 aromatic heterocycles. The van der Waals surface area contributed by atoms with E-state index >= 15 is 0 Å². The van der Waals surface area contributed by atoms with Crippen molar-refractivity contribution in [2.24, 2.45) is 5.92 Å². The molecule has 2 aliphatic rings. The highest BCUT2D eigenvalue weighted by Gasteiger charge is 2.27. The summed E-state index contributed by atoms with van der Waals surface area (Å²) in [6.07, 6.45) is 7.56. The van der Waals surface area contributed by atoms with E-state index in [0.717, 1.165) is 45.3 Å². The monoisotopic (exact) mass is 529 g/mol. The number of ketones is 1. The standard InChI is InChI=1S/C26H32ClN5O5/c1-36-26-19(15-20(27)24(28)30-26)25(35)29-18-8-10-31(11-9-18)16-17-6-12-32(13-7-17)23(34)5-4-21(33)22-3-2-14-37-22/h2-5,14-15,17-18H,6-13,16H2,1H3,(H2,28,30)(H,29,35)/b5-4+. The van der Waals surface area contributed by atoms with E-state index < -0.39 is 0 Å². The molecule has 0 saturated carbocycles. The van der Waals surface area contributed by atoms with Crippen LogP contribution >= 0.6 is 11.6 Å². The summed E-state index contributed by atoms with van der Waals surface area (Å²) in [5.74, 6) is 0.261. The number of amides is 2. The Labute approximate surface area is 220 Å². The van der Waals surface area contributed by atoms with Gasteiger partial charge in [-0.05, 0) is 55.9 Å². The van der Waals surface area contributed by atoms with E-state index in [2.05, 4.69) is 15.2 Å². The zero-order valence-electron chi connectivity index (χ0n) is 20.8. The number of nitrogens with two attached hydrogens (primary N) is 1. The van der Waals surface area contributed by atoms with Crippen molar-refractivity contribution in [1.82, 2.24) is 20.1 Å². The summed E-state index contributed by atoms with van der Waals surface area (Å²) in [7, 11) is 1.44. The van der Waals surface area contributed by atoms with Crippen LogP contribution in [0.15, 0.2) is 41.0 Å². The van der Waals surface area contributed by atoms with Crippen molar-refractivity contribution >= 4 is 35.0 Å². The number of methoxy groups -OCH3 is 1. The Morgan fingerprint density at radius 2 is 1.92 bits per heavy atom. The Balaban J connectivity index is 1.18. The number of likely N-dealkylation sites (tertiary alicyclic amines) is 2. The molecule has 2 saturated heterocycles. The average Bonchev–Trinajstić information content (AvgIpc) is 3.45. The molecule has 0 aromatic carbocycles. The smallest absolute Gasteiger partial charge is 0.257 e. The van der Waals surface area contributed by atoms with Gasteiger partial charge in [0.05, 0.1) is 18.4 Å². The topological polar surface area (TPSA) is 131 Å². The number of rotatable bonds is 8. The lowest BCUT2D eigenvalue weighted by Gasteiger charge is -2.37. The summed E-state index contributed by atoms with van der Waals surface area (Å²) in [4.78, 5) is 45.5. The number of pyridine rings is 1. The number of anilines is 1. The SMILES string of the molecule is COc1nc(N)c(Cl)cc1C(=O)NC1CCN(CC2CCN(C(=O)/C=C/C(=O)c3ccco3)CC2)CC1. The van der Waals surface area contributed by atoms with Crippen LogP contribution in [0.4, 0.5) is 5.82 Å². The molecule has 0 aliphatic carbocycles. The number of carbonyl (C=O) groups excluding carboxylic acids is 3. The number of nitrogens with zero attached hydrogens (tertiary/aromatic N) is 3. The summed E-state index contributed by atoms with van der Waals surface area (Å²) in [5, 5.41) is 3.28. The fourth-order valence-corrected chi connectivity index (χ4v) is 4.93. The van der Waals surface area contributed by atoms with Gasteiger partial charge in [-0.3, -0.25) is 14.4 Å². The highest BCUT2D eigenvalue weighted by molar-refractivity contribution is 6.33. The average molecular weight is 530 g/mol. The summed E-state index contributed by atoms with van der Waals surface area (Å²) < 4.78 is 10.2. The number of halogens is 1. The van der Waals surface area contributed by atoms with Crippen LogP contribution in [0, 0.1) is 5.92 Å². The van der Waals surface area contributed by atoms with Gasteiger partial charge in [0, 0.05) is 44.8 Å². The molecule has 37 heavy (non-hydrogen) atoms. The molecule has 0 spiro atoms. The van der Waals surface area contributed by atoms with Crippen molar-refractivity contribution < 1.29 is 23.5 Å². The lowest BCUT2D eigenvalue weighted by molar-refractivity contribution is -0.127. The number of nitrogen functional groups attached to an aromatic ring is 1. The number of hydrogen-bond acceptors (Lipinski definition) is 8. The molecule has 2 aliphatic heterocycles. The van der Waals surface area contributed by atoms with E-state index in [0.29, 0.717) is 19.0 Å². The van der Waals surface area contributed by atoms with Crippen LogP contribution in [0.25, 0.3) is 0 Å². The van der Waals surface area contributed by atoms with Gasteiger partial charge in [0.2, 0.25) is 17.6 Å². The summed E-state index contributed by atoms with van der Waals surface area (Å²) in [5.41, 5.74) is 5.98. The van der Waals surface area contributed by atoms with Crippen molar-refractivity contribution in [3.63, 3.8) is 0 Å². The molecule has 198 valence electrons. The Hall–Kier alpha value is -3.37. The fraction of sp³-hybridized carbons (Fsp3) is 0.462. The number of allylic oxidation sites excluding steroid dienone is 1. The lowest BCUT2D eigenvalue weighted by Crippen LogP contribution is -2.47. The first-order valence-corrected chi connectivity index (χ1v) is 12.8. The third-order valence-corrected chi connectivity index (χ3v) is 7.22. The van der Waals surface area contributed by atoms with Gasteiger partial charge in [0.1, 0.15) is 11.4 Å². The zero-order chi connectivity index (χ0) is 26.4. The number of nitrogens with one attached hydrogen (secondary N) is 1. The Morgan fingerprint density at radius 3 is 2.57 bits per heavy atom. The highest BCUT2D eigenvalue weighted by atomic mass is 35.5. The molecule has 0 radical (unpaired) electrons. The number of hydrogen-bond donors (Lipinski definition) is 2. The van der Waals surface area contributed by atoms with Gasteiger partial charge in [0.25, 0.3) is 5.91 Å². The molecule has 0 bridgehead atoms. The number of furan rings is 1. The van der Waals surface area contributed by atoms with E-state index in [1.165, 1.54) is 31.6 Å². The molecular weight excluding hydrogens is 498 g/mol. The first-order valence-electron chi connectivity index (χ1n) is 12.4. The zero-order valence-corrected chi connectivity index (χ0v) is 21.6. The summed E-state index contributed by atoms with van der Waals surface area (Å²) in [6, 6.07) is 4.75. The highest BCUT2D eigenvalue weighted by Crippen LogP contribution is 2.26. The predicted octanol–water partition coefficient (Wildman–Crippen LogP) is 2.79. The molecule has 2 aromatic rings. The van der Waals surface area contributed by atoms with Crippen LogP contribution in [0.2, 0.25) is 5.02 Å². The maximum atomic E-state index is 12.8. The second-order valence-electron chi connectivity index (χ2n) is 9.40. The lowest BCUT2D eigenvalue weighted by atomic mass is 9.94. The largest absolute Gasteiger partial charge is 0.480 e. The van der Waals surface area contributed by atoms with E-state index in [4.69, 9.17) is 26.5 Å². The Bertz CT molecular complexity index is 1140. The van der Waals surface area contributed by atoms with E-state index in [1.807, 2.05) is 0 Å². The third kappa shape index (κ3) is 6.90. The minimum atomic E-state index is -0.319. The molecule has 11 heteroatoms. The summed E-state index contributed by atoms with van der Waals surface area (Å²) in [6.45, 7) is 4.10. The molecular formula is C26H32ClN5O5. The van der Waals surface area contributed by atoms with Crippen LogP contribution in [0.5, 0.6) is 5.88 Å². The van der Waals surface area contributed by atoms with Crippen LogP contribution < -0.4 is 15.8 Å². The third-order valence-electron chi connectivity index (χ3n) is 6.91. The molecule has 0 atom stereocenters. The predicted molar refractivity (Wildman–Crippen MR) is 139 cm³/mol. The van der Waals surface area contributed by atoms with Crippen LogP contribution in [-0.4, -0.2) is 78.3 Å². The number of ether oxygens (including phenoxy) is 1. The number of carbonyl (C=O) groups is 3. The number of aromatic nitrogens is 1. The van der Waals surface area contributed by atoms with Crippen molar-refractivity contribution in [1.29, 1.82) is 0 Å². The normalized spacial score (nSPS) is 17.7. The fourth-order valence-electron chi connectivity index (χ4n) is 4.78. The van der Waals surface area contributed by atoms with Gasteiger partial charge in [-0.15, -0.1) is 0 Å². The molecule has 4 rings (SSSR count). The van der Waals surface area contributed by atoms with Gasteiger partial charge >= 0.3 is 0 Å². The Kier molecular flexibility index (Phi) is 8.83. The maximum Gasteiger partial charge on any atom is 0.257 e. The molecule has 3 N–H and O–H groups in total. The van der Waals surface area contributed by atoms with Crippen molar-refractivity contribution in [2.75, 3.05) is 45.6 Å². The minimum absolute atomic E-state index is 0.0555. The maximum absolute atomic E-state index is 12.8. The quantitative estimate of drug-likeness (QED) is 0.394. The van der Waals surface area contributed by atoms with E-state index in [9.17, 15) is 14.4 Å². The first-order chi connectivity index (χ1) is 17.8. The van der Waals surface area contributed by atoms with Gasteiger partial charge < -0.3 is 30.0 Å². The molecule has 10 nitrogen and oxygen atoms in total.